The highest BCUT2D eigenvalue weighted by molar-refractivity contribution is 9.10. The summed E-state index contributed by atoms with van der Waals surface area (Å²) >= 11 is 5.12. The SMILES string of the molecule is Cc1ccc(C2SCCN2C(=O)Nc2cccc(Br)c2)o1. The molecule has 1 aliphatic rings. The second-order valence-corrected chi connectivity index (χ2v) is 6.91. The van der Waals surface area contributed by atoms with Gasteiger partial charge in [-0.15, -0.1) is 11.8 Å². The third-order valence-electron chi connectivity index (χ3n) is 3.23. The van der Waals surface area contributed by atoms with Crippen LogP contribution >= 0.6 is 27.7 Å². The summed E-state index contributed by atoms with van der Waals surface area (Å²) in [5.41, 5.74) is 0.778. The average Bonchev–Trinajstić information content (AvgIpc) is 3.06. The molecule has 1 aromatic carbocycles. The molecule has 0 bridgehead atoms. The number of carbonyl (C=O) groups is 1. The van der Waals surface area contributed by atoms with Crippen LogP contribution in [0.2, 0.25) is 0 Å². The van der Waals surface area contributed by atoms with Crippen LogP contribution in [0.15, 0.2) is 45.3 Å². The van der Waals surface area contributed by atoms with E-state index in [0.717, 1.165) is 34.0 Å². The van der Waals surface area contributed by atoms with Crippen LogP contribution in [-0.2, 0) is 0 Å². The zero-order valence-corrected chi connectivity index (χ0v) is 13.9. The van der Waals surface area contributed by atoms with Gasteiger partial charge in [-0.25, -0.2) is 4.79 Å². The first-order chi connectivity index (χ1) is 10.1. The van der Waals surface area contributed by atoms with E-state index < -0.39 is 0 Å². The minimum absolute atomic E-state index is 0.0501. The van der Waals surface area contributed by atoms with E-state index in [4.69, 9.17) is 4.42 Å². The molecule has 0 radical (unpaired) electrons. The number of furan rings is 1. The summed E-state index contributed by atoms with van der Waals surface area (Å²) in [4.78, 5) is 14.3. The lowest BCUT2D eigenvalue weighted by Crippen LogP contribution is -2.34. The Labute approximate surface area is 136 Å². The van der Waals surface area contributed by atoms with Crippen LogP contribution in [0.25, 0.3) is 0 Å². The number of thioether (sulfide) groups is 1. The third-order valence-corrected chi connectivity index (χ3v) is 4.95. The van der Waals surface area contributed by atoms with Crippen molar-refractivity contribution in [2.75, 3.05) is 17.6 Å². The summed E-state index contributed by atoms with van der Waals surface area (Å²) in [6, 6.07) is 11.3. The van der Waals surface area contributed by atoms with Crippen molar-refractivity contribution in [3.8, 4) is 0 Å². The minimum Gasteiger partial charge on any atom is -0.463 e. The van der Waals surface area contributed by atoms with Crippen LogP contribution in [0.1, 0.15) is 16.9 Å². The summed E-state index contributed by atoms with van der Waals surface area (Å²) in [5, 5.41) is 2.88. The first kappa shape index (κ1) is 14.5. The first-order valence-electron chi connectivity index (χ1n) is 6.64. The number of halogens is 1. The Morgan fingerprint density at radius 1 is 1.43 bits per heavy atom. The normalized spacial score (nSPS) is 18.0. The number of carbonyl (C=O) groups excluding carboxylic acids is 1. The lowest BCUT2D eigenvalue weighted by atomic mass is 10.3. The van der Waals surface area contributed by atoms with Crippen molar-refractivity contribution in [2.24, 2.45) is 0 Å². The minimum atomic E-state index is -0.0999. The Morgan fingerprint density at radius 2 is 2.29 bits per heavy atom. The number of anilines is 1. The molecule has 4 nitrogen and oxygen atoms in total. The molecule has 2 amide bonds. The number of hydrogen-bond donors (Lipinski definition) is 1. The Morgan fingerprint density at radius 3 is 3.00 bits per heavy atom. The predicted octanol–water partition coefficient (Wildman–Crippen LogP) is 4.63. The smallest absolute Gasteiger partial charge is 0.323 e. The summed E-state index contributed by atoms with van der Waals surface area (Å²) in [7, 11) is 0. The average molecular weight is 367 g/mol. The van der Waals surface area contributed by atoms with E-state index in [2.05, 4.69) is 21.2 Å². The van der Waals surface area contributed by atoms with Gasteiger partial charge in [0.25, 0.3) is 0 Å². The monoisotopic (exact) mass is 366 g/mol. The van der Waals surface area contributed by atoms with Crippen molar-refractivity contribution in [3.05, 3.63) is 52.4 Å². The van der Waals surface area contributed by atoms with Crippen LogP contribution in [-0.4, -0.2) is 23.2 Å². The van der Waals surface area contributed by atoms with Gasteiger partial charge in [0, 0.05) is 22.5 Å². The second kappa shape index (κ2) is 6.15. The van der Waals surface area contributed by atoms with E-state index in [1.165, 1.54) is 0 Å². The van der Waals surface area contributed by atoms with E-state index >= 15 is 0 Å². The highest BCUT2D eigenvalue weighted by atomic mass is 79.9. The number of hydrogen-bond acceptors (Lipinski definition) is 3. The van der Waals surface area contributed by atoms with Crippen molar-refractivity contribution >= 4 is 39.4 Å². The molecular formula is C15H15BrN2O2S. The van der Waals surface area contributed by atoms with E-state index in [0.29, 0.717) is 0 Å². The van der Waals surface area contributed by atoms with Gasteiger partial charge in [0.1, 0.15) is 16.9 Å². The lowest BCUT2D eigenvalue weighted by molar-refractivity contribution is 0.209. The molecule has 1 aromatic heterocycles. The van der Waals surface area contributed by atoms with Gasteiger partial charge >= 0.3 is 6.03 Å². The summed E-state index contributed by atoms with van der Waals surface area (Å²) in [6.45, 7) is 2.63. The van der Waals surface area contributed by atoms with E-state index in [9.17, 15) is 4.79 Å². The van der Waals surface area contributed by atoms with Crippen LogP contribution < -0.4 is 5.32 Å². The maximum atomic E-state index is 12.5. The Bertz CT molecular complexity index is 659. The first-order valence-corrected chi connectivity index (χ1v) is 8.49. The van der Waals surface area contributed by atoms with Gasteiger partial charge in [-0.2, -0.15) is 0 Å². The number of amides is 2. The number of nitrogens with one attached hydrogen (secondary N) is 1. The molecule has 1 unspecified atom stereocenters. The Hall–Kier alpha value is -1.40. The van der Waals surface area contributed by atoms with E-state index in [-0.39, 0.29) is 11.4 Å². The summed E-state index contributed by atoms with van der Waals surface area (Å²) < 4.78 is 6.61. The zero-order chi connectivity index (χ0) is 14.8. The summed E-state index contributed by atoms with van der Waals surface area (Å²) in [5.74, 6) is 2.61. The fourth-order valence-corrected chi connectivity index (χ4v) is 3.86. The van der Waals surface area contributed by atoms with Gasteiger partial charge in [-0.05, 0) is 37.3 Å². The van der Waals surface area contributed by atoms with Crippen molar-refractivity contribution in [1.29, 1.82) is 0 Å². The molecule has 1 fully saturated rings. The molecule has 2 aromatic rings. The van der Waals surface area contributed by atoms with Crippen LogP contribution in [0, 0.1) is 6.92 Å². The lowest BCUT2D eigenvalue weighted by Gasteiger charge is -2.22. The third kappa shape index (κ3) is 3.27. The van der Waals surface area contributed by atoms with Gasteiger partial charge in [0.05, 0.1) is 0 Å². The largest absolute Gasteiger partial charge is 0.463 e. The van der Waals surface area contributed by atoms with E-state index in [1.54, 1.807) is 11.8 Å². The van der Waals surface area contributed by atoms with Gasteiger partial charge in [-0.1, -0.05) is 22.0 Å². The second-order valence-electron chi connectivity index (χ2n) is 4.81. The Balaban J connectivity index is 1.74. The molecule has 1 aliphatic heterocycles. The maximum Gasteiger partial charge on any atom is 0.323 e. The molecule has 0 spiro atoms. The molecule has 3 rings (SSSR count). The number of nitrogens with zero attached hydrogens (tertiary/aromatic N) is 1. The van der Waals surface area contributed by atoms with Gasteiger partial charge in [0.2, 0.25) is 0 Å². The molecular weight excluding hydrogens is 352 g/mol. The molecule has 2 heterocycles. The molecule has 0 saturated carbocycles. The van der Waals surface area contributed by atoms with E-state index in [1.807, 2.05) is 48.2 Å². The maximum absolute atomic E-state index is 12.5. The van der Waals surface area contributed by atoms with Gasteiger partial charge < -0.3 is 14.6 Å². The highest BCUT2D eigenvalue weighted by Gasteiger charge is 2.32. The van der Waals surface area contributed by atoms with Crippen LogP contribution in [0.3, 0.4) is 0 Å². The van der Waals surface area contributed by atoms with Crippen LogP contribution in [0.5, 0.6) is 0 Å². The molecule has 1 N–H and O–H groups in total. The highest BCUT2D eigenvalue weighted by Crippen LogP contribution is 2.38. The fraction of sp³-hybridized carbons (Fsp3) is 0.267. The molecule has 1 saturated heterocycles. The molecule has 0 aliphatic carbocycles. The fourth-order valence-electron chi connectivity index (χ4n) is 2.26. The van der Waals surface area contributed by atoms with Gasteiger partial charge in [-0.3, -0.25) is 0 Å². The number of urea groups is 1. The van der Waals surface area contributed by atoms with Crippen molar-refractivity contribution < 1.29 is 9.21 Å². The van der Waals surface area contributed by atoms with Crippen molar-refractivity contribution in [1.82, 2.24) is 4.90 Å². The number of aryl methyl sites for hydroxylation is 1. The van der Waals surface area contributed by atoms with Gasteiger partial charge in [0.15, 0.2) is 0 Å². The molecule has 110 valence electrons. The predicted molar refractivity (Wildman–Crippen MR) is 88.5 cm³/mol. The molecule has 21 heavy (non-hydrogen) atoms. The molecule has 1 atom stereocenters. The van der Waals surface area contributed by atoms with Crippen LogP contribution in [0.4, 0.5) is 10.5 Å². The Kier molecular flexibility index (Phi) is 4.26. The number of benzene rings is 1. The van der Waals surface area contributed by atoms with Crippen molar-refractivity contribution in [2.45, 2.75) is 12.3 Å². The quantitative estimate of drug-likeness (QED) is 0.842. The zero-order valence-electron chi connectivity index (χ0n) is 11.5. The molecule has 6 heteroatoms. The standard InChI is InChI=1S/C15H15BrN2O2S/c1-10-5-6-13(20-10)14-18(7-8-21-14)15(19)17-12-4-2-3-11(16)9-12/h2-6,9,14H,7-8H2,1H3,(H,17,19). The number of rotatable bonds is 2. The summed E-state index contributed by atoms with van der Waals surface area (Å²) in [6.07, 6.45) is 0. The topological polar surface area (TPSA) is 45.5 Å². The van der Waals surface area contributed by atoms with Crippen molar-refractivity contribution in [3.63, 3.8) is 0 Å².